The number of hydrogen-bond acceptors (Lipinski definition) is 3. The van der Waals surface area contributed by atoms with Crippen molar-refractivity contribution < 1.29 is 14.3 Å². The maximum absolute atomic E-state index is 12.0. The highest BCUT2D eigenvalue weighted by Gasteiger charge is 2.38. The molecule has 0 bridgehead atoms. The van der Waals surface area contributed by atoms with Crippen LogP contribution in [0.1, 0.15) is 16.8 Å². The number of rotatable bonds is 2. The summed E-state index contributed by atoms with van der Waals surface area (Å²) in [4.78, 5) is 12.0. The van der Waals surface area contributed by atoms with E-state index in [1.165, 1.54) is 0 Å². The van der Waals surface area contributed by atoms with Crippen LogP contribution in [-0.2, 0) is 0 Å². The van der Waals surface area contributed by atoms with Gasteiger partial charge in [0, 0.05) is 12.0 Å². The number of ether oxygens (including phenoxy) is 2. The topological polar surface area (TPSA) is 35.5 Å². The molecular formula is C13H12O3. The number of benzene rings is 1. The van der Waals surface area contributed by atoms with Gasteiger partial charge in [-0.2, -0.15) is 0 Å². The zero-order valence-corrected chi connectivity index (χ0v) is 8.97. The number of ketones is 1. The fourth-order valence-corrected chi connectivity index (χ4v) is 2.07. The van der Waals surface area contributed by atoms with E-state index in [1.54, 1.807) is 25.3 Å². The van der Waals surface area contributed by atoms with Crippen molar-refractivity contribution in [1.29, 1.82) is 0 Å². The molecule has 3 nitrogen and oxygen atoms in total. The summed E-state index contributed by atoms with van der Waals surface area (Å²) in [6.45, 7) is 0. The third-order valence-electron chi connectivity index (χ3n) is 3.15. The zero-order valence-electron chi connectivity index (χ0n) is 8.97. The summed E-state index contributed by atoms with van der Waals surface area (Å²) in [7, 11) is 1.60. The minimum absolute atomic E-state index is 0.0898. The van der Waals surface area contributed by atoms with Crippen LogP contribution in [-0.4, -0.2) is 19.0 Å². The molecule has 2 atom stereocenters. The van der Waals surface area contributed by atoms with Gasteiger partial charge in [-0.3, -0.25) is 4.79 Å². The van der Waals surface area contributed by atoms with E-state index in [0.717, 1.165) is 12.2 Å². The maximum atomic E-state index is 12.0. The van der Waals surface area contributed by atoms with Crippen LogP contribution in [0.2, 0.25) is 0 Å². The summed E-state index contributed by atoms with van der Waals surface area (Å²) < 4.78 is 10.8. The van der Waals surface area contributed by atoms with Gasteiger partial charge in [-0.1, -0.05) is 12.2 Å². The fourth-order valence-electron chi connectivity index (χ4n) is 2.07. The Bertz CT molecular complexity index is 476. The molecule has 1 aliphatic carbocycles. The lowest BCUT2D eigenvalue weighted by Gasteiger charge is -2.22. The first kappa shape index (κ1) is 9.46. The van der Waals surface area contributed by atoms with Crippen LogP contribution in [0.4, 0.5) is 0 Å². The lowest BCUT2D eigenvalue weighted by Crippen LogP contribution is -2.31. The van der Waals surface area contributed by atoms with Gasteiger partial charge in [0.2, 0.25) is 5.78 Å². The van der Waals surface area contributed by atoms with Gasteiger partial charge in [0.15, 0.2) is 6.10 Å². The van der Waals surface area contributed by atoms with E-state index in [2.05, 4.69) is 6.08 Å². The lowest BCUT2D eigenvalue weighted by molar-refractivity contribution is 0.0788. The molecule has 0 spiro atoms. The van der Waals surface area contributed by atoms with Crippen molar-refractivity contribution in [3.8, 4) is 11.5 Å². The number of Topliss-reactive ketones (excluding diaryl/α,β-unsaturated/α-hetero) is 1. The van der Waals surface area contributed by atoms with Crippen LogP contribution >= 0.6 is 0 Å². The predicted octanol–water partition coefficient (Wildman–Crippen LogP) is 2.21. The highest BCUT2D eigenvalue weighted by atomic mass is 16.5. The van der Waals surface area contributed by atoms with Crippen LogP contribution in [0.3, 0.4) is 0 Å². The van der Waals surface area contributed by atoms with Crippen molar-refractivity contribution in [2.75, 3.05) is 7.11 Å². The zero-order chi connectivity index (χ0) is 11.1. The van der Waals surface area contributed by atoms with Crippen LogP contribution in [0.5, 0.6) is 11.5 Å². The third-order valence-corrected chi connectivity index (χ3v) is 3.15. The van der Waals surface area contributed by atoms with Crippen molar-refractivity contribution in [2.45, 2.75) is 12.5 Å². The number of hydrogen-bond donors (Lipinski definition) is 0. The van der Waals surface area contributed by atoms with E-state index < -0.39 is 0 Å². The number of methoxy groups -OCH3 is 1. The van der Waals surface area contributed by atoms with E-state index in [-0.39, 0.29) is 17.8 Å². The van der Waals surface area contributed by atoms with E-state index in [0.29, 0.717) is 11.3 Å². The summed E-state index contributed by atoms with van der Waals surface area (Å²) in [6, 6.07) is 5.34. The second-order valence-electron chi connectivity index (χ2n) is 4.09. The summed E-state index contributed by atoms with van der Waals surface area (Å²) in [5.74, 6) is 1.70. The van der Waals surface area contributed by atoms with Crippen LogP contribution < -0.4 is 9.47 Å². The molecule has 3 rings (SSSR count). The van der Waals surface area contributed by atoms with Crippen molar-refractivity contribution in [1.82, 2.24) is 0 Å². The summed E-state index contributed by atoms with van der Waals surface area (Å²) in [5, 5.41) is 0. The highest BCUT2D eigenvalue weighted by Crippen LogP contribution is 2.37. The number of fused-ring (bicyclic) bond motifs is 1. The molecule has 1 heterocycles. The van der Waals surface area contributed by atoms with Gasteiger partial charge < -0.3 is 9.47 Å². The van der Waals surface area contributed by atoms with Crippen molar-refractivity contribution in [2.24, 2.45) is 5.92 Å². The molecule has 2 aliphatic rings. The van der Waals surface area contributed by atoms with Crippen molar-refractivity contribution in [3.05, 3.63) is 35.9 Å². The van der Waals surface area contributed by atoms with Crippen LogP contribution in [0, 0.1) is 5.92 Å². The molecule has 0 amide bonds. The fraction of sp³-hybridized carbons (Fsp3) is 0.308. The first-order chi connectivity index (χ1) is 7.79. The number of carbonyl (C=O) groups is 1. The van der Waals surface area contributed by atoms with E-state index in [4.69, 9.17) is 9.47 Å². The minimum Gasteiger partial charge on any atom is -0.497 e. The standard InChI is InChI=1S/C13H12O3/c1-15-9-5-6-10-11(7-9)16-13(12(10)14)8-3-2-4-8/h2-3,5-8,13H,4H2,1H3. The Morgan fingerprint density at radius 3 is 2.88 bits per heavy atom. The first-order valence-electron chi connectivity index (χ1n) is 5.35. The van der Waals surface area contributed by atoms with E-state index in [9.17, 15) is 4.79 Å². The average Bonchev–Trinajstić information content (AvgIpc) is 2.54. The van der Waals surface area contributed by atoms with Gasteiger partial charge in [-0.15, -0.1) is 0 Å². The Balaban J connectivity index is 1.94. The molecule has 0 fully saturated rings. The molecule has 0 radical (unpaired) electrons. The molecule has 1 aromatic rings. The summed E-state index contributed by atoms with van der Waals surface area (Å²) >= 11 is 0. The van der Waals surface area contributed by atoms with Gasteiger partial charge in [0.05, 0.1) is 12.7 Å². The second kappa shape index (κ2) is 3.37. The normalized spacial score (nSPS) is 25.9. The number of carbonyl (C=O) groups excluding carboxylic acids is 1. The minimum atomic E-state index is -0.327. The maximum Gasteiger partial charge on any atom is 0.207 e. The molecule has 1 aliphatic heterocycles. The molecular weight excluding hydrogens is 204 g/mol. The summed E-state index contributed by atoms with van der Waals surface area (Å²) in [6.07, 6.45) is 4.70. The summed E-state index contributed by atoms with van der Waals surface area (Å²) in [5.41, 5.74) is 0.672. The molecule has 16 heavy (non-hydrogen) atoms. The van der Waals surface area contributed by atoms with E-state index >= 15 is 0 Å². The third kappa shape index (κ3) is 1.24. The van der Waals surface area contributed by atoms with Gasteiger partial charge in [-0.05, 0) is 18.6 Å². The van der Waals surface area contributed by atoms with Crippen LogP contribution in [0.25, 0.3) is 0 Å². The molecule has 0 N–H and O–H groups in total. The van der Waals surface area contributed by atoms with E-state index in [1.807, 2.05) is 6.08 Å². The van der Waals surface area contributed by atoms with Gasteiger partial charge >= 0.3 is 0 Å². The van der Waals surface area contributed by atoms with Gasteiger partial charge in [0.1, 0.15) is 11.5 Å². The molecule has 3 heteroatoms. The molecule has 0 saturated heterocycles. The Hall–Kier alpha value is -1.77. The highest BCUT2D eigenvalue weighted by molar-refractivity contribution is 6.05. The largest absolute Gasteiger partial charge is 0.497 e. The Kier molecular flexibility index (Phi) is 1.99. The molecule has 0 aromatic heterocycles. The Morgan fingerprint density at radius 2 is 2.25 bits per heavy atom. The van der Waals surface area contributed by atoms with Gasteiger partial charge in [-0.25, -0.2) is 0 Å². The SMILES string of the molecule is COc1ccc2c(c1)OC(C1C=CC1)C2=O. The van der Waals surface area contributed by atoms with Crippen LogP contribution in [0.15, 0.2) is 30.4 Å². The molecule has 0 saturated carbocycles. The monoisotopic (exact) mass is 216 g/mol. The quantitative estimate of drug-likeness (QED) is 0.711. The second-order valence-corrected chi connectivity index (χ2v) is 4.09. The Labute approximate surface area is 93.7 Å². The molecule has 2 unspecified atom stereocenters. The molecule has 82 valence electrons. The number of allylic oxidation sites excluding steroid dienone is 1. The first-order valence-corrected chi connectivity index (χ1v) is 5.35. The molecule has 1 aromatic carbocycles. The van der Waals surface area contributed by atoms with Gasteiger partial charge in [0.25, 0.3) is 0 Å². The smallest absolute Gasteiger partial charge is 0.207 e. The Morgan fingerprint density at radius 1 is 1.44 bits per heavy atom. The predicted molar refractivity (Wildman–Crippen MR) is 59.0 cm³/mol. The van der Waals surface area contributed by atoms with Crippen molar-refractivity contribution >= 4 is 5.78 Å². The average molecular weight is 216 g/mol. The lowest BCUT2D eigenvalue weighted by atomic mass is 9.87. The van der Waals surface area contributed by atoms with Crippen molar-refractivity contribution in [3.63, 3.8) is 0 Å².